The van der Waals surface area contributed by atoms with Crippen LogP contribution in [0.2, 0.25) is 0 Å². The van der Waals surface area contributed by atoms with E-state index >= 15 is 0 Å². The fourth-order valence-electron chi connectivity index (χ4n) is 6.19. The van der Waals surface area contributed by atoms with Crippen molar-refractivity contribution in [3.8, 4) is 5.69 Å². The molecule has 8 heteroatoms. The molecule has 8 nitrogen and oxygen atoms in total. The Kier molecular flexibility index (Phi) is 7.01. The van der Waals surface area contributed by atoms with E-state index in [-0.39, 0.29) is 11.9 Å². The van der Waals surface area contributed by atoms with Crippen LogP contribution in [0.4, 0.5) is 0 Å². The first kappa shape index (κ1) is 23.9. The number of rotatable bonds is 8. The summed E-state index contributed by atoms with van der Waals surface area (Å²) in [7, 11) is 0. The predicted octanol–water partition coefficient (Wildman–Crippen LogP) is 3.47. The summed E-state index contributed by atoms with van der Waals surface area (Å²) < 4.78 is 1.94. The molecule has 1 amide bonds. The number of nitrogens with one attached hydrogen (secondary N) is 3. The topological polar surface area (TPSA) is 90.9 Å². The Balaban J connectivity index is 1.12. The molecular weight excluding hydrogens is 462 g/mol. The SMILES string of the molecule is O=C1NCCN(CC2CCNCC2CCCc2c[nH]c3ccc(-n4cnnc4)cc23)C1c1ccccc1. The Labute approximate surface area is 217 Å². The van der Waals surface area contributed by atoms with Crippen LogP contribution < -0.4 is 10.6 Å². The van der Waals surface area contributed by atoms with E-state index < -0.39 is 0 Å². The molecule has 2 aromatic heterocycles. The van der Waals surface area contributed by atoms with Gasteiger partial charge in [-0.05, 0) is 79.9 Å². The third-order valence-electron chi connectivity index (χ3n) is 8.15. The number of carbonyl (C=O) groups is 1. The molecule has 2 aliphatic heterocycles. The zero-order chi connectivity index (χ0) is 25.0. The predicted molar refractivity (Wildman–Crippen MR) is 144 cm³/mol. The highest BCUT2D eigenvalue weighted by atomic mass is 16.2. The summed E-state index contributed by atoms with van der Waals surface area (Å²) in [6, 6.07) is 16.5. The van der Waals surface area contributed by atoms with Gasteiger partial charge in [0.1, 0.15) is 18.7 Å². The van der Waals surface area contributed by atoms with Crippen molar-refractivity contribution in [2.75, 3.05) is 32.7 Å². The second-order valence-electron chi connectivity index (χ2n) is 10.4. The molecule has 0 spiro atoms. The summed E-state index contributed by atoms with van der Waals surface area (Å²) in [5.41, 5.74) is 4.70. The summed E-state index contributed by atoms with van der Waals surface area (Å²) in [4.78, 5) is 18.7. The highest BCUT2D eigenvalue weighted by Crippen LogP contribution is 2.31. The highest BCUT2D eigenvalue weighted by molar-refractivity contribution is 5.85. The number of piperidine rings is 1. The van der Waals surface area contributed by atoms with Crippen molar-refractivity contribution in [3.05, 3.63) is 78.5 Å². The molecule has 37 heavy (non-hydrogen) atoms. The Morgan fingerprint density at radius 2 is 1.86 bits per heavy atom. The Hall–Kier alpha value is -3.49. The second kappa shape index (κ2) is 10.9. The van der Waals surface area contributed by atoms with Crippen LogP contribution in [0.25, 0.3) is 16.6 Å². The Morgan fingerprint density at radius 1 is 1.00 bits per heavy atom. The molecule has 2 saturated heterocycles. The Bertz CT molecular complexity index is 1320. The van der Waals surface area contributed by atoms with E-state index in [9.17, 15) is 4.79 Å². The van der Waals surface area contributed by atoms with Crippen molar-refractivity contribution in [2.45, 2.75) is 31.7 Å². The van der Waals surface area contributed by atoms with Crippen LogP contribution in [0, 0.1) is 11.8 Å². The molecule has 3 atom stereocenters. The van der Waals surface area contributed by atoms with Crippen LogP contribution in [-0.4, -0.2) is 63.3 Å². The molecule has 192 valence electrons. The van der Waals surface area contributed by atoms with Crippen molar-refractivity contribution in [1.82, 2.24) is 35.3 Å². The van der Waals surface area contributed by atoms with Gasteiger partial charge in [-0.3, -0.25) is 14.3 Å². The highest BCUT2D eigenvalue weighted by Gasteiger charge is 2.34. The molecule has 3 N–H and O–H groups in total. The quantitative estimate of drug-likeness (QED) is 0.347. The number of H-pyrrole nitrogens is 1. The van der Waals surface area contributed by atoms with E-state index in [1.165, 1.54) is 29.3 Å². The van der Waals surface area contributed by atoms with Crippen molar-refractivity contribution < 1.29 is 4.79 Å². The molecule has 0 radical (unpaired) electrons. The number of aromatic nitrogens is 4. The van der Waals surface area contributed by atoms with Gasteiger partial charge in [0.25, 0.3) is 0 Å². The zero-order valence-corrected chi connectivity index (χ0v) is 21.1. The molecular formula is C29H35N7O. The summed E-state index contributed by atoms with van der Waals surface area (Å²) in [5, 5.41) is 15.9. The largest absolute Gasteiger partial charge is 0.361 e. The molecule has 2 fully saturated rings. The van der Waals surface area contributed by atoms with Crippen molar-refractivity contribution >= 4 is 16.8 Å². The fraction of sp³-hybridized carbons (Fsp3) is 0.414. The minimum atomic E-state index is -0.184. The number of hydrogen-bond acceptors (Lipinski definition) is 5. The van der Waals surface area contributed by atoms with Crippen molar-refractivity contribution in [1.29, 1.82) is 0 Å². The molecule has 0 bridgehead atoms. The van der Waals surface area contributed by atoms with Gasteiger partial charge in [0, 0.05) is 42.4 Å². The standard InChI is InChI=1S/C29H35N7O/c37-29-28(21-5-2-1-3-6-21)35(14-13-31-29)18-24-11-12-30-16-22(24)7-4-8-23-17-32-27-10-9-25(15-26(23)27)36-19-33-34-20-36/h1-3,5-6,9-10,15,17,19-20,22,24,28,30,32H,4,7-8,11-14,16,18H2,(H,31,37). The fourth-order valence-corrected chi connectivity index (χ4v) is 6.19. The van der Waals surface area contributed by atoms with E-state index in [2.05, 4.69) is 67.2 Å². The number of aromatic amines is 1. The number of piperazine rings is 1. The van der Waals surface area contributed by atoms with Gasteiger partial charge in [-0.25, -0.2) is 0 Å². The number of amides is 1. The molecule has 2 aliphatic rings. The van der Waals surface area contributed by atoms with Gasteiger partial charge in [0.15, 0.2) is 0 Å². The first-order chi connectivity index (χ1) is 18.3. The lowest BCUT2D eigenvalue weighted by molar-refractivity contribution is -0.129. The minimum absolute atomic E-state index is 0.133. The molecule has 4 heterocycles. The first-order valence-corrected chi connectivity index (χ1v) is 13.5. The summed E-state index contributed by atoms with van der Waals surface area (Å²) >= 11 is 0. The smallest absolute Gasteiger partial charge is 0.242 e. The third kappa shape index (κ3) is 5.17. The first-order valence-electron chi connectivity index (χ1n) is 13.5. The van der Waals surface area contributed by atoms with E-state index in [0.29, 0.717) is 11.8 Å². The third-order valence-corrected chi connectivity index (χ3v) is 8.15. The maximum atomic E-state index is 12.9. The van der Waals surface area contributed by atoms with E-state index in [4.69, 9.17) is 0 Å². The number of fused-ring (bicyclic) bond motifs is 1. The maximum Gasteiger partial charge on any atom is 0.242 e. The number of hydrogen-bond donors (Lipinski definition) is 3. The van der Waals surface area contributed by atoms with Gasteiger partial charge in [0.2, 0.25) is 5.91 Å². The molecule has 3 unspecified atom stereocenters. The number of nitrogens with zero attached hydrogens (tertiary/aromatic N) is 4. The van der Waals surface area contributed by atoms with Crippen molar-refractivity contribution in [2.24, 2.45) is 11.8 Å². The minimum Gasteiger partial charge on any atom is -0.361 e. The summed E-state index contributed by atoms with van der Waals surface area (Å²) in [5.74, 6) is 1.35. The number of benzene rings is 2. The summed E-state index contributed by atoms with van der Waals surface area (Å²) in [6.45, 7) is 4.74. The van der Waals surface area contributed by atoms with E-state index in [1.54, 1.807) is 12.7 Å². The van der Waals surface area contributed by atoms with Gasteiger partial charge < -0.3 is 15.6 Å². The number of carbonyl (C=O) groups excluding carboxylic acids is 1. The lowest BCUT2D eigenvalue weighted by atomic mass is 9.81. The van der Waals surface area contributed by atoms with Gasteiger partial charge in [0.05, 0.1) is 0 Å². The molecule has 6 rings (SSSR count). The lowest BCUT2D eigenvalue weighted by Crippen LogP contribution is -2.53. The lowest BCUT2D eigenvalue weighted by Gasteiger charge is -2.41. The summed E-state index contributed by atoms with van der Waals surface area (Å²) in [6.07, 6.45) is 10.2. The van der Waals surface area contributed by atoms with Gasteiger partial charge >= 0.3 is 0 Å². The van der Waals surface area contributed by atoms with Gasteiger partial charge in [-0.2, -0.15) is 0 Å². The normalized spacial score (nSPS) is 22.8. The van der Waals surface area contributed by atoms with Crippen LogP contribution in [0.3, 0.4) is 0 Å². The monoisotopic (exact) mass is 497 g/mol. The average molecular weight is 498 g/mol. The molecule has 2 aromatic carbocycles. The van der Waals surface area contributed by atoms with Gasteiger partial charge in [-0.1, -0.05) is 30.3 Å². The van der Waals surface area contributed by atoms with Gasteiger partial charge in [-0.15, -0.1) is 10.2 Å². The van der Waals surface area contributed by atoms with Crippen LogP contribution in [0.15, 0.2) is 67.4 Å². The molecule has 0 aliphatic carbocycles. The van der Waals surface area contributed by atoms with E-state index in [1.807, 2.05) is 22.8 Å². The zero-order valence-electron chi connectivity index (χ0n) is 21.1. The van der Waals surface area contributed by atoms with E-state index in [0.717, 1.165) is 56.8 Å². The number of aryl methyl sites for hydroxylation is 1. The van der Waals surface area contributed by atoms with Crippen LogP contribution in [0.1, 0.15) is 36.4 Å². The van der Waals surface area contributed by atoms with Crippen LogP contribution in [0.5, 0.6) is 0 Å². The van der Waals surface area contributed by atoms with Crippen molar-refractivity contribution in [3.63, 3.8) is 0 Å². The molecule has 4 aromatic rings. The van der Waals surface area contributed by atoms with Crippen LogP contribution in [-0.2, 0) is 11.2 Å². The maximum absolute atomic E-state index is 12.9. The molecule has 0 saturated carbocycles. The average Bonchev–Trinajstić information content (AvgIpc) is 3.61. The Morgan fingerprint density at radius 3 is 2.73 bits per heavy atom. The van der Waals surface area contributed by atoms with Crippen LogP contribution >= 0.6 is 0 Å². The second-order valence-corrected chi connectivity index (χ2v) is 10.4.